The molecule has 0 atom stereocenters. The van der Waals surface area contributed by atoms with Crippen molar-refractivity contribution in [3.63, 3.8) is 0 Å². The van der Waals surface area contributed by atoms with Crippen molar-refractivity contribution < 1.29 is 4.74 Å². The summed E-state index contributed by atoms with van der Waals surface area (Å²) >= 11 is 11.8. The van der Waals surface area contributed by atoms with Crippen molar-refractivity contribution in [1.82, 2.24) is 4.98 Å². The lowest BCUT2D eigenvalue weighted by Gasteiger charge is -2.09. The molecule has 0 radical (unpaired) electrons. The second-order valence-corrected chi connectivity index (χ2v) is 4.44. The number of pyridine rings is 1. The molecule has 90 valence electrons. The zero-order chi connectivity index (χ0) is 13.1. The van der Waals surface area contributed by atoms with Crippen molar-refractivity contribution in [3.8, 4) is 17.7 Å². The first-order chi connectivity index (χ1) is 8.61. The molecule has 1 heterocycles. The number of halogens is 2. The summed E-state index contributed by atoms with van der Waals surface area (Å²) in [5.74, 6) is 0.650. The third-order valence-electron chi connectivity index (χ3n) is 2.34. The number of hydrogen-bond donors (Lipinski definition) is 0. The van der Waals surface area contributed by atoms with Gasteiger partial charge in [0.25, 0.3) is 0 Å². The Morgan fingerprint density at radius 2 is 2.06 bits per heavy atom. The molecule has 0 bridgehead atoms. The van der Waals surface area contributed by atoms with Crippen molar-refractivity contribution in [2.45, 2.75) is 6.92 Å². The number of benzene rings is 1. The van der Waals surface area contributed by atoms with Crippen LogP contribution in [-0.2, 0) is 0 Å². The van der Waals surface area contributed by atoms with Crippen LogP contribution in [0.3, 0.4) is 0 Å². The van der Waals surface area contributed by atoms with Gasteiger partial charge in [-0.3, -0.25) is 0 Å². The van der Waals surface area contributed by atoms with E-state index in [1.807, 2.05) is 6.92 Å². The third-order valence-corrected chi connectivity index (χ3v) is 2.87. The van der Waals surface area contributed by atoms with E-state index in [-0.39, 0.29) is 5.88 Å². The minimum Gasteiger partial charge on any atom is -0.436 e. The maximum Gasteiger partial charge on any atom is 0.237 e. The molecule has 1 aromatic carbocycles. The lowest BCUT2D eigenvalue weighted by Crippen LogP contribution is -1.94. The summed E-state index contributed by atoms with van der Waals surface area (Å²) in [5, 5.41) is 9.96. The standard InChI is InChI=1S/C13H8Cl2N2O/c1-8-4-5-17-13(10(8)7-16)18-12-3-2-9(14)6-11(12)15/h2-6H,1H3. The average Bonchev–Trinajstić information content (AvgIpc) is 2.33. The van der Waals surface area contributed by atoms with Gasteiger partial charge in [-0.05, 0) is 36.8 Å². The molecule has 0 unspecified atom stereocenters. The molecule has 0 saturated heterocycles. The zero-order valence-electron chi connectivity index (χ0n) is 9.45. The lowest BCUT2D eigenvalue weighted by atomic mass is 10.2. The fraction of sp³-hybridized carbons (Fsp3) is 0.0769. The third kappa shape index (κ3) is 2.56. The maximum atomic E-state index is 9.07. The number of aryl methyl sites for hydroxylation is 1. The Kier molecular flexibility index (Phi) is 3.71. The van der Waals surface area contributed by atoms with Crippen LogP contribution in [0.25, 0.3) is 0 Å². The molecule has 3 nitrogen and oxygen atoms in total. The van der Waals surface area contributed by atoms with Gasteiger partial charge >= 0.3 is 0 Å². The molecule has 0 spiro atoms. The number of nitrogens with zero attached hydrogens (tertiary/aromatic N) is 2. The zero-order valence-corrected chi connectivity index (χ0v) is 11.0. The van der Waals surface area contributed by atoms with Gasteiger partial charge in [0.2, 0.25) is 5.88 Å². The summed E-state index contributed by atoms with van der Waals surface area (Å²) in [6.45, 7) is 1.82. The Labute approximate surface area is 115 Å². The first kappa shape index (κ1) is 12.7. The van der Waals surface area contributed by atoms with Crippen LogP contribution < -0.4 is 4.74 Å². The molecular formula is C13H8Cl2N2O. The molecule has 0 aliphatic carbocycles. The van der Waals surface area contributed by atoms with Gasteiger partial charge in [0.05, 0.1) is 5.02 Å². The summed E-state index contributed by atoms with van der Waals surface area (Å²) in [6.07, 6.45) is 1.58. The van der Waals surface area contributed by atoms with E-state index in [9.17, 15) is 0 Å². The van der Waals surface area contributed by atoms with Gasteiger partial charge in [0, 0.05) is 11.2 Å². The van der Waals surface area contributed by atoms with Crippen LogP contribution in [0.4, 0.5) is 0 Å². The molecule has 0 fully saturated rings. The minimum absolute atomic E-state index is 0.238. The van der Waals surface area contributed by atoms with Crippen LogP contribution in [0.2, 0.25) is 10.0 Å². The molecule has 2 aromatic rings. The Balaban J connectivity index is 2.41. The highest BCUT2D eigenvalue weighted by atomic mass is 35.5. The smallest absolute Gasteiger partial charge is 0.237 e. The number of nitriles is 1. The molecule has 0 amide bonds. The van der Waals surface area contributed by atoms with Gasteiger partial charge in [0.15, 0.2) is 0 Å². The Hall–Kier alpha value is -1.76. The second-order valence-electron chi connectivity index (χ2n) is 3.60. The monoisotopic (exact) mass is 278 g/mol. The molecule has 0 aliphatic rings. The van der Waals surface area contributed by atoms with Crippen LogP contribution in [0.15, 0.2) is 30.5 Å². The summed E-state index contributed by atoms with van der Waals surface area (Å²) < 4.78 is 5.54. The highest BCUT2D eigenvalue weighted by molar-refractivity contribution is 6.35. The van der Waals surface area contributed by atoms with Crippen LogP contribution in [-0.4, -0.2) is 4.98 Å². The average molecular weight is 279 g/mol. The van der Waals surface area contributed by atoms with Crippen LogP contribution >= 0.6 is 23.2 Å². The van der Waals surface area contributed by atoms with Gasteiger partial charge in [-0.25, -0.2) is 4.98 Å². The number of aromatic nitrogens is 1. The van der Waals surface area contributed by atoms with E-state index in [1.54, 1.807) is 30.5 Å². The Bertz CT molecular complexity index is 635. The van der Waals surface area contributed by atoms with Crippen molar-refractivity contribution in [2.24, 2.45) is 0 Å². The van der Waals surface area contributed by atoms with Gasteiger partial charge < -0.3 is 4.74 Å². The molecule has 0 N–H and O–H groups in total. The van der Waals surface area contributed by atoms with Gasteiger partial charge in [-0.15, -0.1) is 0 Å². The first-order valence-corrected chi connectivity index (χ1v) is 5.86. The Morgan fingerprint density at radius 1 is 1.28 bits per heavy atom. The molecule has 2 rings (SSSR count). The van der Waals surface area contributed by atoms with Gasteiger partial charge in [-0.1, -0.05) is 23.2 Å². The Morgan fingerprint density at radius 3 is 2.72 bits per heavy atom. The SMILES string of the molecule is Cc1ccnc(Oc2ccc(Cl)cc2Cl)c1C#N. The molecule has 1 aromatic heterocycles. The van der Waals surface area contributed by atoms with E-state index >= 15 is 0 Å². The first-order valence-electron chi connectivity index (χ1n) is 5.10. The molecule has 5 heteroatoms. The summed E-state index contributed by atoms with van der Waals surface area (Å²) in [4.78, 5) is 4.03. The lowest BCUT2D eigenvalue weighted by molar-refractivity contribution is 0.461. The fourth-order valence-corrected chi connectivity index (χ4v) is 1.86. The van der Waals surface area contributed by atoms with Crippen LogP contribution in [0, 0.1) is 18.3 Å². The fourth-order valence-electron chi connectivity index (χ4n) is 1.41. The highest BCUT2D eigenvalue weighted by Crippen LogP contribution is 2.32. The van der Waals surface area contributed by atoms with Gasteiger partial charge in [-0.2, -0.15) is 5.26 Å². The van der Waals surface area contributed by atoms with E-state index in [2.05, 4.69) is 11.1 Å². The van der Waals surface area contributed by atoms with Crippen molar-refractivity contribution in [1.29, 1.82) is 5.26 Å². The predicted octanol–water partition coefficient (Wildman–Crippen LogP) is 4.36. The van der Waals surface area contributed by atoms with Gasteiger partial charge in [0.1, 0.15) is 17.4 Å². The minimum atomic E-state index is 0.238. The summed E-state index contributed by atoms with van der Waals surface area (Å²) in [7, 11) is 0. The van der Waals surface area contributed by atoms with E-state index in [1.165, 1.54) is 0 Å². The highest BCUT2D eigenvalue weighted by Gasteiger charge is 2.11. The molecule has 18 heavy (non-hydrogen) atoms. The summed E-state index contributed by atoms with van der Waals surface area (Å²) in [6, 6.07) is 8.67. The van der Waals surface area contributed by atoms with E-state index in [4.69, 9.17) is 33.2 Å². The van der Waals surface area contributed by atoms with Crippen molar-refractivity contribution >= 4 is 23.2 Å². The number of ether oxygens (including phenoxy) is 1. The van der Waals surface area contributed by atoms with Crippen molar-refractivity contribution in [3.05, 3.63) is 51.6 Å². The second kappa shape index (κ2) is 5.26. The quantitative estimate of drug-likeness (QED) is 0.820. The number of hydrogen-bond acceptors (Lipinski definition) is 3. The van der Waals surface area contributed by atoms with E-state index in [0.29, 0.717) is 21.4 Å². The van der Waals surface area contributed by atoms with E-state index in [0.717, 1.165) is 5.56 Å². The van der Waals surface area contributed by atoms with Crippen LogP contribution in [0.1, 0.15) is 11.1 Å². The largest absolute Gasteiger partial charge is 0.436 e. The number of rotatable bonds is 2. The molecule has 0 aliphatic heterocycles. The van der Waals surface area contributed by atoms with Crippen LogP contribution in [0.5, 0.6) is 11.6 Å². The molecule has 0 saturated carbocycles. The normalized spacial score (nSPS) is 9.89. The predicted molar refractivity (Wildman–Crippen MR) is 70.2 cm³/mol. The van der Waals surface area contributed by atoms with E-state index < -0.39 is 0 Å². The topological polar surface area (TPSA) is 45.9 Å². The molecular weight excluding hydrogens is 271 g/mol. The van der Waals surface area contributed by atoms with Crippen molar-refractivity contribution in [2.75, 3.05) is 0 Å². The maximum absolute atomic E-state index is 9.07. The summed E-state index contributed by atoms with van der Waals surface area (Å²) in [5.41, 5.74) is 1.19.